The lowest BCUT2D eigenvalue weighted by Crippen LogP contribution is -1.96. The van der Waals surface area contributed by atoms with Gasteiger partial charge < -0.3 is 4.74 Å². The minimum Gasteiger partial charge on any atom is -0.487 e. The van der Waals surface area contributed by atoms with Crippen LogP contribution in [-0.2, 0) is 11.4 Å². The number of rotatable bonds is 5. The van der Waals surface area contributed by atoms with Crippen molar-refractivity contribution < 1.29 is 9.53 Å². The summed E-state index contributed by atoms with van der Waals surface area (Å²) in [4.78, 5) is 10.7. The standard InChI is InChI=1S/C16H11Cl3O2/c17-13-4-2-1-3-12(13)10-21-15-7-5-11(9-14(15)18)6-8-16(19)20/h1-9H,10H2/b8-6+. The van der Waals surface area contributed by atoms with Crippen molar-refractivity contribution in [1.29, 1.82) is 0 Å². The van der Waals surface area contributed by atoms with E-state index in [0.29, 0.717) is 22.4 Å². The molecular formula is C16H11Cl3O2. The minimum atomic E-state index is -0.537. The average Bonchev–Trinajstić information content (AvgIpc) is 2.45. The van der Waals surface area contributed by atoms with E-state index in [1.165, 1.54) is 6.08 Å². The maximum atomic E-state index is 10.7. The summed E-state index contributed by atoms with van der Waals surface area (Å²) in [5.41, 5.74) is 1.64. The van der Waals surface area contributed by atoms with E-state index in [4.69, 9.17) is 39.5 Å². The Morgan fingerprint density at radius 1 is 1.10 bits per heavy atom. The summed E-state index contributed by atoms with van der Waals surface area (Å²) in [7, 11) is 0. The zero-order valence-corrected chi connectivity index (χ0v) is 13.1. The molecule has 0 saturated carbocycles. The predicted molar refractivity (Wildman–Crippen MR) is 87.1 cm³/mol. The molecule has 0 heterocycles. The van der Waals surface area contributed by atoms with Crippen molar-refractivity contribution in [3.05, 3.63) is 69.7 Å². The number of halogens is 3. The molecule has 0 aliphatic heterocycles. The molecule has 0 N–H and O–H groups in total. The lowest BCUT2D eigenvalue weighted by Gasteiger charge is -2.09. The summed E-state index contributed by atoms with van der Waals surface area (Å²) in [6.45, 7) is 0.328. The maximum absolute atomic E-state index is 10.7. The predicted octanol–water partition coefficient (Wildman–Crippen LogP) is 5.35. The van der Waals surface area contributed by atoms with Crippen molar-refractivity contribution >= 4 is 46.1 Å². The molecule has 0 fully saturated rings. The molecule has 0 amide bonds. The van der Waals surface area contributed by atoms with Gasteiger partial charge in [-0.15, -0.1) is 0 Å². The van der Waals surface area contributed by atoms with Crippen molar-refractivity contribution in [2.45, 2.75) is 6.61 Å². The number of allylic oxidation sites excluding steroid dienone is 1. The molecule has 5 heteroatoms. The van der Waals surface area contributed by atoms with Crippen LogP contribution in [0, 0.1) is 0 Å². The Kier molecular flexibility index (Phi) is 5.68. The normalized spacial score (nSPS) is 10.8. The smallest absolute Gasteiger partial charge is 0.245 e. The topological polar surface area (TPSA) is 26.3 Å². The molecule has 0 radical (unpaired) electrons. The van der Waals surface area contributed by atoms with E-state index in [0.717, 1.165) is 11.1 Å². The number of hydrogen-bond acceptors (Lipinski definition) is 2. The van der Waals surface area contributed by atoms with Gasteiger partial charge in [-0.2, -0.15) is 0 Å². The number of ether oxygens (including phenoxy) is 1. The van der Waals surface area contributed by atoms with Crippen LogP contribution in [-0.4, -0.2) is 5.24 Å². The quantitative estimate of drug-likeness (QED) is 0.541. The summed E-state index contributed by atoms with van der Waals surface area (Å²) in [5, 5.41) is 0.560. The van der Waals surface area contributed by atoms with Gasteiger partial charge in [0.2, 0.25) is 5.24 Å². The van der Waals surface area contributed by atoms with E-state index in [-0.39, 0.29) is 0 Å². The van der Waals surface area contributed by atoms with Gasteiger partial charge in [0.15, 0.2) is 0 Å². The van der Waals surface area contributed by atoms with Gasteiger partial charge in [-0.1, -0.05) is 53.5 Å². The highest BCUT2D eigenvalue weighted by Crippen LogP contribution is 2.27. The van der Waals surface area contributed by atoms with E-state index in [2.05, 4.69) is 0 Å². The second-order valence-electron chi connectivity index (χ2n) is 4.21. The Bertz CT molecular complexity index is 681. The van der Waals surface area contributed by atoms with Crippen LogP contribution in [0.4, 0.5) is 0 Å². The van der Waals surface area contributed by atoms with Crippen LogP contribution < -0.4 is 4.74 Å². The van der Waals surface area contributed by atoms with Gasteiger partial charge in [-0.3, -0.25) is 4.79 Å². The van der Waals surface area contributed by atoms with Crippen molar-refractivity contribution in [2.75, 3.05) is 0 Å². The second-order valence-corrected chi connectivity index (χ2v) is 5.39. The Morgan fingerprint density at radius 3 is 2.52 bits per heavy atom. The molecule has 2 aromatic carbocycles. The Balaban J connectivity index is 2.08. The third kappa shape index (κ3) is 4.78. The lowest BCUT2D eigenvalue weighted by atomic mass is 10.2. The first-order valence-electron chi connectivity index (χ1n) is 6.09. The number of carbonyl (C=O) groups is 1. The first-order chi connectivity index (χ1) is 10.1. The summed E-state index contributed by atoms with van der Waals surface area (Å²) in [6.07, 6.45) is 2.84. The fourth-order valence-corrected chi connectivity index (χ4v) is 2.17. The SMILES string of the molecule is O=C(Cl)/C=C/c1ccc(OCc2ccccc2Cl)c(Cl)c1. The molecule has 0 bridgehead atoms. The highest BCUT2D eigenvalue weighted by molar-refractivity contribution is 6.66. The van der Waals surface area contributed by atoms with Crippen LogP contribution in [0.15, 0.2) is 48.5 Å². The highest BCUT2D eigenvalue weighted by atomic mass is 35.5. The van der Waals surface area contributed by atoms with E-state index in [9.17, 15) is 4.79 Å². The number of hydrogen-bond donors (Lipinski definition) is 0. The minimum absolute atomic E-state index is 0.328. The molecule has 0 saturated heterocycles. The molecule has 2 rings (SSSR count). The molecule has 2 nitrogen and oxygen atoms in total. The van der Waals surface area contributed by atoms with Gasteiger partial charge in [0.1, 0.15) is 12.4 Å². The maximum Gasteiger partial charge on any atom is 0.245 e. The Hall–Kier alpha value is -1.48. The monoisotopic (exact) mass is 340 g/mol. The first-order valence-corrected chi connectivity index (χ1v) is 7.23. The van der Waals surface area contributed by atoms with Crippen molar-refractivity contribution in [2.24, 2.45) is 0 Å². The largest absolute Gasteiger partial charge is 0.487 e. The van der Waals surface area contributed by atoms with Crippen molar-refractivity contribution in [3.63, 3.8) is 0 Å². The van der Waals surface area contributed by atoms with E-state index in [1.807, 2.05) is 18.2 Å². The van der Waals surface area contributed by atoms with Crippen LogP contribution in [0.1, 0.15) is 11.1 Å². The van der Waals surface area contributed by atoms with Crippen molar-refractivity contribution in [3.8, 4) is 5.75 Å². The van der Waals surface area contributed by atoms with E-state index >= 15 is 0 Å². The van der Waals surface area contributed by atoms with Gasteiger partial charge in [-0.05, 0) is 41.4 Å². The van der Waals surface area contributed by atoms with E-state index < -0.39 is 5.24 Å². The first kappa shape index (κ1) is 15.9. The van der Waals surface area contributed by atoms with Gasteiger partial charge in [0.05, 0.1) is 5.02 Å². The zero-order chi connectivity index (χ0) is 15.2. The van der Waals surface area contributed by atoms with Crippen LogP contribution >= 0.6 is 34.8 Å². The van der Waals surface area contributed by atoms with Crippen molar-refractivity contribution in [1.82, 2.24) is 0 Å². The van der Waals surface area contributed by atoms with Gasteiger partial charge in [0.25, 0.3) is 0 Å². The van der Waals surface area contributed by atoms with Crippen LogP contribution in [0.2, 0.25) is 10.0 Å². The molecule has 0 spiro atoms. The molecule has 2 aromatic rings. The zero-order valence-electron chi connectivity index (χ0n) is 10.9. The molecule has 0 aliphatic rings. The third-order valence-corrected chi connectivity index (χ3v) is 3.49. The second kappa shape index (κ2) is 7.51. The van der Waals surface area contributed by atoms with Crippen LogP contribution in [0.3, 0.4) is 0 Å². The molecule has 0 unspecified atom stereocenters. The Morgan fingerprint density at radius 2 is 1.86 bits per heavy atom. The molecule has 0 aliphatic carbocycles. The summed E-state index contributed by atoms with van der Waals surface area (Å²) in [6, 6.07) is 12.7. The summed E-state index contributed by atoms with van der Waals surface area (Å²) >= 11 is 17.4. The summed E-state index contributed by atoms with van der Waals surface area (Å²) < 4.78 is 5.65. The fraction of sp³-hybridized carbons (Fsp3) is 0.0625. The molecule has 108 valence electrons. The molecule has 0 atom stereocenters. The van der Waals surface area contributed by atoms with Gasteiger partial charge >= 0.3 is 0 Å². The fourth-order valence-electron chi connectivity index (χ4n) is 1.67. The Labute approximate surface area is 137 Å². The van der Waals surface area contributed by atoms with Crippen LogP contribution in [0.25, 0.3) is 6.08 Å². The highest BCUT2D eigenvalue weighted by Gasteiger charge is 2.05. The molecule has 21 heavy (non-hydrogen) atoms. The molecular weight excluding hydrogens is 331 g/mol. The average molecular weight is 342 g/mol. The van der Waals surface area contributed by atoms with Gasteiger partial charge in [0, 0.05) is 10.6 Å². The number of benzene rings is 2. The van der Waals surface area contributed by atoms with Crippen LogP contribution in [0.5, 0.6) is 5.75 Å². The van der Waals surface area contributed by atoms with Gasteiger partial charge in [-0.25, -0.2) is 0 Å². The lowest BCUT2D eigenvalue weighted by molar-refractivity contribution is -0.107. The third-order valence-electron chi connectivity index (χ3n) is 2.70. The van der Waals surface area contributed by atoms with E-state index in [1.54, 1.807) is 30.3 Å². The molecule has 0 aromatic heterocycles. The summed E-state index contributed by atoms with van der Waals surface area (Å²) in [5.74, 6) is 0.547. The number of carbonyl (C=O) groups excluding carboxylic acids is 1.